The number of hydrogen-bond donors (Lipinski definition) is 4. The average Bonchev–Trinajstić information content (AvgIpc) is 2.28. The van der Waals surface area contributed by atoms with E-state index in [0.29, 0.717) is 13.0 Å². The van der Waals surface area contributed by atoms with Gasteiger partial charge in [0.05, 0.1) is 12.6 Å². The molecule has 1 aliphatic heterocycles. The van der Waals surface area contributed by atoms with Crippen LogP contribution in [0.25, 0.3) is 0 Å². The molecule has 3 atom stereocenters. The zero-order chi connectivity index (χ0) is 13.5. The first kappa shape index (κ1) is 15.4. The highest BCUT2D eigenvalue weighted by molar-refractivity contribution is 5.75. The molecule has 3 unspecified atom stereocenters. The van der Waals surface area contributed by atoms with Crippen LogP contribution in [0.5, 0.6) is 0 Å². The largest absolute Gasteiger partial charge is 0.396 e. The van der Waals surface area contributed by atoms with Gasteiger partial charge in [0, 0.05) is 25.7 Å². The number of likely N-dealkylation sites (tertiary alicyclic amines) is 1. The van der Waals surface area contributed by atoms with Gasteiger partial charge in [0.25, 0.3) is 0 Å². The molecule has 1 aliphatic rings. The van der Waals surface area contributed by atoms with Crippen molar-refractivity contribution >= 4 is 5.91 Å². The maximum Gasteiger partial charge on any atom is 0.231 e. The van der Waals surface area contributed by atoms with Crippen LogP contribution in [0, 0.1) is 5.92 Å². The van der Waals surface area contributed by atoms with E-state index in [4.69, 9.17) is 10.8 Å². The molecular weight excluding hydrogens is 234 g/mol. The third-order valence-electron chi connectivity index (χ3n) is 3.39. The van der Waals surface area contributed by atoms with Gasteiger partial charge in [-0.1, -0.05) is 0 Å². The van der Waals surface area contributed by atoms with Crippen LogP contribution in [0.4, 0.5) is 0 Å². The van der Waals surface area contributed by atoms with Crippen LogP contribution in [0.3, 0.4) is 0 Å². The second-order valence-corrected chi connectivity index (χ2v) is 5.12. The van der Waals surface area contributed by atoms with Crippen molar-refractivity contribution in [2.45, 2.75) is 31.9 Å². The minimum atomic E-state index is -0.386. The van der Waals surface area contributed by atoms with Gasteiger partial charge in [0.2, 0.25) is 5.91 Å². The van der Waals surface area contributed by atoms with E-state index < -0.39 is 0 Å². The summed E-state index contributed by atoms with van der Waals surface area (Å²) in [5.41, 5.74) is 5.22. The molecule has 0 aliphatic carbocycles. The number of hydrogen-bond acceptors (Lipinski definition) is 5. The standard InChI is InChI=1S/C12H25N3O3/c1-9(17)10-5-11(14-3-2-4-16)7-15(6-10)8-12(13)18/h9-11,14,16-17H,2-8H2,1H3,(H2,13,18). The van der Waals surface area contributed by atoms with Gasteiger partial charge >= 0.3 is 0 Å². The number of primary amides is 1. The van der Waals surface area contributed by atoms with E-state index in [1.165, 1.54) is 0 Å². The lowest BCUT2D eigenvalue weighted by Crippen LogP contribution is -2.53. The predicted octanol–water partition coefficient (Wildman–Crippen LogP) is -1.48. The van der Waals surface area contributed by atoms with Crippen molar-refractivity contribution in [1.29, 1.82) is 0 Å². The molecule has 0 bridgehead atoms. The zero-order valence-corrected chi connectivity index (χ0v) is 11.0. The van der Waals surface area contributed by atoms with Crippen LogP contribution >= 0.6 is 0 Å². The number of aliphatic hydroxyl groups excluding tert-OH is 2. The molecule has 0 aromatic carbocycles. The van der Waals surface area contributed by atoms with Gasteiger partial charge in [-0.05, 0) is 32.2 Å². The highest BCUT2D eigenvalue weighted by atomic mass is 16.3. The number of nitrogens with zero attached hydrogens (tertiary/aromatic N) is 1. The first-order valence-electron chi connectivity index (χ1n) is 6.56. The molecule has 5 N–H and O–H groups in total. The molecule has 0 spiro atoms. The van der Waals surface area contributed by atoms with Gasteiger partial charge in [-0.25, -0.2) is 0 Å². The summed E-state index contributed by atoms with van der Waals surface area (Å²) in [6, 6.07) is 0.240. The molecule has 6 nitrogen and oxygen atoms in total. The Balaban J connectivity index is 2.48. The highest BCUT2D eigenvalue weighted by Gasteiger charge is 2.29. The van der Waals surface area contributed by atoms with Gasteiger partial charge in [-0.2, -0.15) is 0 Å². The minimum Gasteiger partial charge on any atom is -0.396 e. The molecule has 1 fully saturated rings. The fourth-order valence-electron chi connectivity index (χ4n) is 2.46. The Labute approximate surface area is 108 Å². The third kappa shape index (κ3) is 5.30. The Morgan fingerprint density at radius 1 is 1.56 bits per heavy atom. The number of nitrogens with two attached hydrogens (primary N) is 1. The number of carbonyl (C=O) groups is 1. The SMILES string of the molecule is CC(O)C1CC(NCCCO)CN(CC(N)=O)C1. The molecule has 0 aromatic heterocycles. The minimum absolute atomic E-state index is 0.157. The lowest BCUT2D eigenvalue weighted by atomic mass is 9.90. The molecule has 6 heteroatoms. The smallest absolute Gasteiger partial charge is 0.231 e. The lowest BCUT2D eigenvalue weighted by molar-refractivity contribution is -0.120. The summed E-state index contributed by atoms with van der Waals surface area (Å²) >= 11 is 0. The Bertz CT molecular complexity index is 261. The zero-order valence-electron chi connectivity index (χ0n) is 11.0. The summed E-state index contributed by atoms with van der Waals surface area (Å²) in [4.78, 5) is 13.0. The average molecular weight is 259 g/mol. The fraction of sp³-hybridized carbons (Fsp3) is 0.917. The van der Waals surface area contributed by atoms with Crippen molar-refractivity contribution < 1.29 is 15.0 Å². The number of rotatable bonds is 7. The summed E-state index contributed by atoms with van der Waals surface area (Å²) in [5.74, 6) is -0.180. The van der Waals surface area contributed by atoms with Crippen LogP contribution < -0.4 is 11.1 Å². The second-order valence-electron chi connectivity index (χ2n) is 5.12. The van der Waals surface area contributed by atoms with Gasteiger partial charge in [0.15, 0.2) is 0 Å². The molecule has 0 saturated carbocycles. The van der Waals surface area contributed by atoms with Gasteiger partial charge in [-0.3, -0.25) is 9.69 Å². The number of nitrogens with one attached hydrogen (secondary N) is 1. The van der Waals surface area contributed by atoms with Crippen LogP contribution in [0.15, 0.2) is 0 Å². The lowest BCUT2D eigenvalue weighted by Gasteiger charge is -2.38. The first-order chi connectivity index (χ1) is 8.52. The third-order valence-corrected chi connectivity index (χ3v) is 3.39. The summed E-state index contributed by atoms with van der Waals surface area (Å²) in [5, 5.41) is 21.8. The van der Waals surface area contributed by atoms with Gasteiger partial charge in [-0.15, -0.1) is 0 Å². The number of aliphatic hydroxyl groups is 2. The van der Waals surface area contributed by atoms with Crippen LogP contribution in [-0.2, 0) is 4.79 Å². The van der Waals surface area contributed by atoms with Crippen LogP contribution in [-0.4, -0.2) is 66.0 Å². The fourth-order valence-corrected chi connectivity index (χ4v) is 2.46. The quantitative estimate of drug-likeness (QED) is 0.418. The normalized spacial score (nSPS) is 27.1. The van der Waals surface area contributed by atoms with Crippen molar-refractivity contribution in [3.63, 3.8) is 0 Å². The van der Waals surface area contributed by atoms with Crippen LogP contribution in [0.2, 0.25) is 0 Å². The summed E-state index contributed by atoms with van der Waals surface area (Å²) in [6.07, 6.45) is 1.21. The van der Waals surface area contributed by atoms with Crippen LogP contribution in [0.1, 0.15) is 19.8 Å². The van der Waals surface area contributed by atoms with Gasteiger partial charge < -0.3 is 21.3 Å². The van der Waals surface area contributed by atoms with E-state index in [1.54, 1.807) is 6.92 Å². The Morgan fingerprint density at radius 3 is 2.83 bits per heavy atom. The van der Waals surface area contributed by atoms with Gasteiger partial charge in [0.1, 0.15) is 0 Å². The van der Waals surface area contributed by atoms with Crippen molar-refractivity contribution in [2.24, 2.45) is 11.7 Å². The molecule has 1 saturated heterocycles. The number of piperidine rings is 1. The summed E-state index contributed by atoms with van der Waals surface area (Å²) in [6.45, 7) is 4.41. The van der Waals surface area contributed by atoms with E-state index >= 15 is 0 Å². The maximum atomic E-state index is 11.0. The maximum absolute atomic E-state index is 11.0. The van der Waals surface area contributed by atoms with E-state index in [1.807, 2.05) is 4.90 Å². The second kappa shape index (κ2) is 7.68. The Kier molecular flexibility index (Phi) is 6.56. The molecule has 1 amide bonds. The van der Waals surface area contributed by atoms with Crippen molar-refractivity contribution in [3.8, 4) is 0 Å². The monoisotopic (exact) mass is 259 g/mol. The summed E-state index contributed by atoms with van der Waals surface area (Å²) in [7, 11) is 0. The first-order valence-corrected chi connectivity index (χ1v) is 6.56. The predicted molar refractivity (Wildman–Crippen MR) is 68.9 cm³/mol. The summed E-state index contributed by atoms with van der Waals surface area (Å²) < 4.78 is 0. The number of carbonyl (C=O) groups excluding carboxylic acids is 1. The van der Waals surface area contributed by atoms with E-state index in [0.717, 1.165) is 19.5 Å². The molecule has 1 heterocycles. The Morgan fingerprint density at radius 2 is 2.28 bits per heavy atom. The topological polar surface area (TPSA) is 98.8 Å². The molecule has 18 heavy (non-hydrogen) atoms. The van der Waals surface area contributed by atoms with Crippen molar-refractivity contribution in [1.82, 2.24) is 10.2 Å². The Hall–Kier alpha value is -0.690. The molecule has 106 valence electrons. The van der Waals surface area contributed by atoms with E-state index in [2.05, 4.69) is 5.32 Å². The highest BCUT2D eigenvalue weighted by Crippen LogP contribution is 2.20. The molecular formula is C12H25N3O3. The van der Waals surface area contributed by atoms with E-state index in [9.17, 15) is 9.90 Å². The molecule has 0 radical (unpaired) electrons. The van der Waals surface area contributed by atoms with E-state index in [-0.39, 0.29) is 37.1 Å². The van der Waals surface area contributed by atoms with Crippen molar-refractivity contribution in [3.05, 3.63) is 0 Å². The van der Waals surface area contributed by atoms with Crippen molar-refractivity contribution in [2.75, 3.05) is 32.8 Å². The molecule has 0 aromatic rings. The number of amides is 1. The molecule has 1 rings (SSSR count).